The van der Waals surface area contributed by atoms with E-state index in [0.29, 0.717) is 16.8 Å². The Morgan fingerprint density at radius 2 is 2.00 bits per heavy atom. The molecule has 1 aromatic carbocycles. The Kier molecular flexibility index (Phi) is 2.86. The van der Waals surface area contributed by atoms with Crippen LogP contribution in [0.2, 0.25) is 0 Å². The van der Waals surface area contributed by atoms with Crippen molar-refractivity contribution in [3.8, 4) is 0 Å². The molecule has 0 spiro atoms. The molecule has 1 heterocycles. The molecule has 2 heteroatoms. The van der Waals surface area contributed by atoms with Crippen LogP contribution in [0.1, 0.15) is 31.9 Å². The fourth-order valence-corrected chi connectivity index (χ4v) is 4.05. The average molecular weight is 293 g/mol. The van der Waals surface area contributed by atoms with Gasteiger partial charge in [-0.15, -0.1) is 0 Å². The molecule has 0 N–H and O–H groups in total. The lowest BCUT2D eigenvalue weighted by molar-refractivity contribution is -0.571. The van der Waals surface area contributed by atoms with Crippen molar-refractivity contribution in [2.75, 3.05) is 6.54 Å². The van der Waals surface area contributed by atoms with E-state index >= 15 is 0 Å². The lowest BCUT2D eigenvalue weighted by atomic mass is 10.0. The summed E-state index contributed by atoms with van der Waals surface area (Å²) in [7, 11) is 0. The molecule has 1 nitrogen and oxygen atoms in total. The molecular weight excluding hydrogens is 274 g/mol. The number of fused-ring (bicyclic) bond motifs is 2. The van der Waals surface area contributed by atoms with Crippen molar-refractivity contribution < 1.29 is 4.58 Å². The summed E-state index contributed by atoms with van der Waals surface area (Å²) < 4.78 is 2.63. The second-order valence-corrected chi connectivity index (χ2v) is 6.48. The maximum Gasteiger partial charge on any atom is 0.175 e. The molecule has 0 saturated heterocycles. The maximum atomic E-state index is 3.85. The lowest BCUT2D eigenvalue weighted by Crippen LogP contribution is -2.33. The minimum Gasteiger partial charge on any atom is -0.230 e. The number of halogens is 1. The van der Waals surface area contributed by atoms with E-state index in [4.69, 9.17) is 0 Å². The minimum atomic E-state index is 0.527. The standard InChI is InChI=1S/C15H19BrN/c1-10-14-8-13(15(10)16)9-17(14)11(2)12-6-4-3-5-7-12/h3-7,10-11,13,15H,8-9H2,1-2H3/q+1/t10?,11?,13-,15?/m1/s1. The average Bonchev–Trinajstić information content (AvgIpc) is 2.91. The highest BCUT2D eigenvalue weighted by Gasteiger charge is 2.50. The van der Waals surface area contributed by atoms with Gasteiger partial charge >= 0.3 is 0 Å². The molecule has 17 heavy (non-hydrogen) atoms. The van der Waals surface area contributed by atoms with Gasteiger partial charge in [-0.3, -0.25) is 0 Å². The van der Waals surface area contributed by atoms with Gasteiger partial charge < -0.3 is 0 Å². The molecule has 90 valence electrons. The van der Waals surface area contributed by atoms with Crippen molar-refractivity contribution in [3.05, 3.63) is 35.9 Å². The first-order valence-electron chi connectivity index (χ1n) is 6.50. The SMILES string of the molecule is CC1C2=[N+](C(C)c3ccccc3)C[C@@H](C2)C1Br. The third-order valence-electron chi connectivity index (χ3n) is 4.47. The Balaban J connectivity index is 1.92. The predicted molar refractivity (Wildman–Crippen MR) is 75.0 cm³/mol. The Morgan fingerprint density at radius 1 is 1.29 bits per heavy atom. The van der Waals surface area contributed by atoms with Crippen molar-refractivity contribution in [3.63, 3.8) is 0 Å². The number of benzene rings is 1. The second-order valence-electron chi connectivity index (χ2n) is 5.43. The quantitative estimate of drug-likeness (QED) is 0.578. The largest absolute Gasteiger partial charge is 0.230 e. The molecule has 0 aromatic heterocycles. The van der Waals surface area contributed by atoms with Crippen molar-refractivity contribution in [1.82, 2.24) is 0 Å². The first-order chi connectivity index (χ1) is 8.18. The monoisotopic (exact) mass is 292 g/mol. The molecule has 1 aliphatic heterocycles. The van der Waals surface area contributed by atoms with Gasteiger partial charge in [-0.25, -0.2) is 4.58 Å². The van der Waals surface area contributed by atoms with E-state index in [9.17, 15) is 0 Å². The predicted octanol–water partition coefficient (Wildman–Crippen LogP) is 3.63. The van der Waals surface area contributed by atoms with Gasteiger partial charge in [-0.05, 0) is 0 Å². The Labute approximate surface area is 112 Å². The summed E-state index contributed by atoms with van der Waals surface area (Å²) in [5.41, 5.74) is 3.10. The first kappa shape index (κ1) is 11.5. The maximum absolute atomic E-state index is 3.85. The summed E-state index contributed by atoms with van der Waals surface area (Å²) in [6.45, 7) is 5.92. The zero-order chi connectivity index (χ0) is 12.0. The molecule has 3 unspecified atom stereocenters. The van der Waals surface area contributed by atoms with E-state index in [0.717, 1.165) is 5.92 Å². The van der Waals surface area contributed by atoms with Crippen LogP contribution in [0.25, 0.3) is 0 Å². The van der Waals surface area contributed by atoms with Gasteiger partial charge in [0, 0.05) is 35.6 Å². The topological polar surface area (TPSA) is 3.01 Å². The zero-order valence-electron chi connectivity index (χ0n) is 10.4. The molecule has 0 radical (unpaired) electrons. The van der Waals surface area contributed by atoms with E-state index in [1.54, 1.807) is 5.71 Å². The molecule has 1 saturated carbocycles. The van der Waals surface area contributed by atoms with Crippen molar-refractivity contribution in [1.29, 1.82) is 0 Å². The molecule has 1 aliphatic carbocycles. The van der Waals surface area contributed by atoms with Crippen LogP contribution in [-0.2, 0) is 0 Å². The third kappa shape index (κ3) is 1.77. The summed E-state index contributed by atoms with van der Waals surface area (Å²) >= 11 is 3.85. The third-order valence-corrected chi connectivity index (χ3v) is 6.02. The van der Waals surface area contributed by atoms with Crippen LogP contribution in [0.4, 0.5) is 0 Å². The van der Waals surface area contributed by atoms with Gasteiger partial charge in [-0.2, -0.15) is 0 Å². The zero-order valence-corrected chi connectivity index (χ0v) is 12.0. The lowest BCUT2D eigenvalue weighted by Gasteiger charge is -2.21. The van der Waals surface area contributed by atoms with E-state index in [1.807, 2.05) is 0 Å². The van der Waals surface area contributed by atoms with Crippen LogP contribution in [0, 0.1) is 11.8 Å². The summed E-state index contributed by atoms with van der Waals surface area (Å²) in [4.78, 5) is 0.705. The summed E-state index contributed by atoms with van der Waals surface area (Å²) in [6, 6.07) is 11.4. The molecule has 4 atom stereocenters. The van der Waals surface area contributed by atoms with E-state index in [1.165, 1.54) is 18.5 Å². The summed E-state index contributed by atoms with van der Waals surface area (Å²) in [6.07, 6.45) is 1.30. The molecule has 3 rings (SSSR count). The molecule has 0 amide bonds. The highest BCUT2D eigenvalue weighted by molar-refractivity contribution is 9.09. The van der Waals surface area contributed by atoms with Crippen LogP contribution in [0.3, 0.4) is 0 Å². The summed E-state index contributed by atoms with van der Waals surface area (Å²) in [5.74, 6) is 1.53. The first-order valence-corrected chi connectivity index (χ1v) is 7.41. The van der Waals surface area contributed by atoms with Gasteiger partial charge in [0.1, 0.15) is 6.54 Å². The molecule has 1 fully saturated rings. The van der Waals surface area contributed by atoms with E-state index in [2.05, 4.69) is 64.7 Å². The Hall–Kier alpha value is -0.630. The molecule has 1 aromatic rings. The fraction of sp³-hybridized carbons (Fsp3) is 0.533. The molecule has 2 bridgehead atoms. The highest BCUT2D eigenvalue weighted by Crippen LogP contribution is 2.41. The van der Waals surface area contributed by atoms with Gasteiger partial charge in [0.05, 0.1) is 0 Å². The minimum absolute atomic E-state index is 0.527. The van der Waals surface area contributed by atoms with Crippen molar-refractivity contribution >= 4 is 21.6 Å². The van der Waals surface area contributed by atoms with E-state index in [-0.39, 0.29) is 0 Å². The number of rotatable bonds is 2. The van der Waals surface area contributed by atoms with Crippen LogP contribution < -0.4 is 0 Å². The number of hydrogen-bond donors (Lipinski definition) is 0. The van der Waals surface area contributed by atoms with E-state index < -0.39 is 0 Å². The van der Waals surface area contributed by atoms with Gasteiger partial charge in [0.2, 0.25) is 0 Å². The Morgan fingerprint density at radius 3 is 2.59 bits per heavy atom. The number of alkyl halides is 1. The van der Waals surface area contributed by atoms with Gasteiger partial charge in [0.15, 0.2) is 11.8 Å². The van der Waals surface area contributed by atoms with Gasteiger partial charge in [-0.1, -0.05) is 53.2 Å². The Bertz CT molecular complexity index is 451. The summed E-state index contributed by atoms with van der Waals surface area (Å²) in [5, 5.41) is 0. The normalized spacial score (nSPS) is 33.2. The van der Waals surface area contributed by atoms with Gasteiger partial charge in [0.25, 0.3) is 0 Å². The van der Waals surface area contributed by atoms with Crippen LogP contribution in [-0.4, -0.2) is 21.7 Å². The van der Waals surface area contributed by atoms with Crippen molar-refractivity contribution in [2.24, 2.45) is 11.8 Å². The number of hydrogen-bond acceptors (Lipinski definition) is 0. The highest BCUT2D eigenvalue weighted by atomic mass is 79.9. The smallest absolute Gasteiger partial charge is 0.175 e. The van der Waals surface area contributed by atoms with Crippen LogP contribution in [0.15, 0.2) is 30.3 Å². The second kappa shape index (κ2) is 4.24. The molecule has 2 aliphatic rings. The van der Waals surface area contributed by atoms with Crippen LogP contribution >= 0.6 is 15.9 Å². The molecular formula is C15H19BrN+. The fourth-order valence-electron chi connectivity index (χ4n) is 3.39. The van der Waals surface area contributed by atoms with Crippen LogP contribution in [0.5, 0.6) is 0 Å². The van der Waals surface area contributed by atoms with Crippen molar-refractivity contribution in [2.45, 2.75) is 31.1 Å². The number of nitrogens with zero attached hydrogens (tertiary/aromatic N) is 1.